The lowest BCUT2D eigenvalue weighted by molar-refractivity contribution is -0.127. The summed E-state index contributed by atoms with van der Waals surface area (Å²) in [7, 11) is 0. The van der Waals surface area contributed by atoms with Crippen molar-refractivity contribution in [2.45, 2.75) is 51.0 Å². The number of carbonyl (C=O) groups excluding carboxylic acids is 2. The van der Waals surface area contributed by atoms with Crippen molar-refractivity contribution in [2.24, 2.45) is 5.92 Å². The van der Waals surface area contributed by atoms with Gasteiger partial charge >= 0.3 is 6.03 Å². The van der Waals surface area contributed by atoms with E-state index < -0.39 is 0 Å². The van der Waals surface area contributed by atoms with E-state index in [0.29, 0.717) is 19.1 Å². The monoisotopic (exact) mass is 330 g/mol. The number of anilines is 1. The Kier molecular flexibility index (Phi) is 5.67. The van der Waals surface area contributed by atoms with E-state index in [1.54, 1.807) is 29.4 Å². The van der Waals surface area contributed by atoms with E-state index in [9.17, 15) is 9.59 Å². The maximum Gasteiger partial charge on any atom is 0.321 e. The Labute approximate surface area is 143 Å². The van der Waals surface area contributed by atoms with Gasteiger partial charge in [0.15, 0.2) is 0 Å². The van der Waals surface area contributed by atoms with Gasteiger partial charge in [-0.2, -0.15) is 0 Å². The number of hydrogen-bond donors (Lipinski definition) is 2. The van der Waals surface area contributed by atoms with Gasteiger partial charge in [-0.15, -0.1) is 0 Å². The molecule has 130 valence electrons. The first-order chi connectivity index (χ1) is 11.7. The number of amides is 3. The Morgan fingerprint density at radius 2 is 1.79 bits per heavy atom. The fraction of sp³-hybridized carbons (Fsp3) is 0.611. The van der Waals surface area contributed by atoms with Crippen LogP contribution in [-0.4, -0.2) is 41.0 Å². The number of rotatable bonds is 3. The van der Waals surface area contributed by atoms with E-state index >= 15 is 0 Å². The molecule has 2 aliphatic rings. The number of piperidine rings is 1. The van der Waals surface area contributed by atoms with Gasteiger partial charge in [0.25, 0.3) is 0 Å². The molecule has 3 amide bonds. The van der Waals surface area contributed by atoms with Crippen molar-refractivity contribution < 1.29 is 9.59 Å². The molecule has 1 aromatic rings. The predicted octanol–water partition coefficient (Wildman–Crippen LogP) is 2.77. The normalized spacial score (nSPS) is 22.0. The van der Waals surface area contributed by atoms with Crippen molar-refractivity contribution in [3.05, 3.63) is 24.5 Å². The van der Waals surface area contributed by atoms with Crippen LogP contribution in [0.3, 0.4) is 0 Å². The van der Waals surface area contributed by atoms with Gasteiger partial charge < -0.3 is 15.5 Å². The highest BCUT2D eigenvalue weighted by atomic mass is 16.2. The van der Waals surface area contributed by atoms with Crippen molar-refractivity contribution in [1.29, 1.82) is 0 Å². The molecule has 24 heavy (non-hydrogen) atoms. The van der Waals surface area contributed by atoms with Crippen LogP contribution in [-0.2, 0) is 4.79 Å². The lowest BCUT2D eigenvalue weighted by atomic mass is 9.93. The van der Waals surface area contributed by atoms with Gasteiger partial charge in [0, 0.05) is 37.2 Å². The minimum atomic E-state index is -0.142. The molecular formula is C18H26N4O2. The lowest BCUT2D eigenvalue weighted by Crippen LogP contribution is -2.48. The summed E-state index contributed by atoms with van der Waals surface area (Å²) in [6.07, 6.45) is 10.9. The van der Waals surface area contributed by atoms with E-state index in [2.05, 4.69) is 15.6 Å². The van der Waals surface area contributed by atoms with Crippen LogP contribution < -0.4 is 10.6 Å². The molecule has 0 unspecified atom stereocenters. The molecule has 6 heteroatoms. The summed E-state index contributed by atoms with van der Waals surface area (Å²) in [5, 5.41) is 6.06. The molecule has 3 rings (SSSR count). The topological polar surface area (TPSA) is 74.3 Å². The number of aromatic nitrogens is 1. The van der Waals surface area contributed by atoms with E-state index in [0.717, 1.165) is 31.4 Å². The molecule has 1 saturated heterocycles. The van der Waals surface area contributed by atoms with Crippen molar-refractivity contribution in [1.82, 2.24) is 15.2 Å². The third kappa shape index (κ3) is 4.46. The average molecular weight is 330 g/mol. The van der Waals surface area contributed by atoms with Gasteiger partial charge in [0.2, 0.25) is 5.91 Å². The molecule has 2 fully saturated rings. The molecule has 6 nitrogen and oxygen atoms in total. The summed E-state index contributed by atoms with van der Waals surface area (Å²) in [5.41, 5.74) is 0.726. The molecule has 1 aliphatic carbocycles. The predicted molar refractivity (Wildman–Crippen MR) is 92.6 cm³/mol. The molecule has 2 N–H and O–H groups in total. The zero-order valence-electron chi connectivity index (χ0n) is 14.0. The highest BCUT2D eigenvalue weighted by Crippen LogP contribution is 2.21. The summed E-state index contributed by atoms with van der Waals surface area (Å²) in [4.78, 5) is 30.6. The first-order valence-electron chi connectivity index (χ1n) is 8.99. The van der Waals surface area contributed by atoms with Crippen LogP contribution in [0.1, 0.15) is 44.9 Å². The molecule has 0 spiro atoms. The summed E-state index contributed by atoms with van der Waals surface area (Å²) in [6, 6.07) is 3.70. The molecular weight excluding hydrogens is 304 g/mol. The minimum Gasteiger partial charge on any atom is -0.353 e. The molecule has 1 aromatic heterocycles. The fourth-order valence-electron chi connectivity index (χ4n) is 3.58. The summed E-state index contributed by atoms with van der Waals surface area (Å²) >= 11 is 0. The first kappa shape index (κ1) is 16.7. The Morgan fingerprint density at radius 1 is 1.04 bits per heavy atom. The third-order valence-corrected chi connectivity index (χ3v) is 4.96. The van der Waals surface area contributed by atoms with Crippen molar-refractivity contribution >= 4 is 17.6 Å². The van der Waals surface area contributed by atoms with Crippen LogP contribution in [0, 0.1) is 5.92 Å². The van der Waals surface area contributed by atoms with Crippen molar-refractivity contribution in [3.63, 3.8) is 0 Å². The van der Waals surface area contributed by atoms with Gasteiger partial charge in [0.05, 0.1) is 5.92 Å². The van der Waals surface area contributed by atoms with Gasteiger partial charge in [-0.1, -0.05) is 19.3 Å². The number of pyridine rings is 1. The molecule has 1 atom stereocenters. The molecule has 1 aliphatic heterocycles. The molecule has 0 radical (unpaired) electrons. The van der Waals surface area contributed by atoms with E-state index in [4.69, 9.17) is 0 Å². The lowest BCUT2D eigenvalue weighted by Gasteiger charge is -2.33. The van der Waals surface area contributed by atoms with Crippen LogP contribution in [0.2, 0.25) is 0 Å². The fourth-order valence-corrected chi connectivity index (χ4v) is 3.58. The Balaban J connectivity index is 1.51. The van der Waals surface area contributed by atoms with Crippen LogP contribution >= 0.6 is 0 Å². The Hall–Kier alpha value is -2.11. The standard InChI is InChI=1S/C18H26N4O2/c23-17(20-15-6-2-1-3-7-15)14-5-4-12-22(13-14)18(24)21-16-8-10-19-11-9-16/h8-11,14-15H,1-7,12-13H2,(H,20,23)(H,19,21,24)/t14-/m0/s1. The molecule has 0 bridgehead atoms. The second-order valence-corrected chi connectivity index (χ2v) is 6.79. The zero-order valence-corrected chi connectivity index (χ0v) is 14.0. The number of nitrogens with zero attached hydrogens (tertiary/aromatic N) is 2. The third-order valence-electron chi connectivity index (χ3n) is 4.96. The summed E-state index contributed by atoms with van der Waals surface area (Å²) in [6.45, 7) is 1.19. The maximum atomic E-state index is 12.5. The highest BCUT2D eigenvalue weighted by Gasteiger charge is 2.29. The van der Waals surface area contributed by atoms with E-state index in [1.165, 1.54) is 19.3 Å². The molecule has 1 saturated carbocycles. The van der Waals surface area contributed by atoms with Gasteiger partial charge in [0.1, 0.15) is 0 Å². The quantitative estimate of drug-likeness (QED) is 0.895. The zero-order chi connectivity index (χ0) is 16.8. The largest absolute Gasteiger partial charge is 0.353 e. The second kappa shape index (κ2) is 8.13. The van der Waals surface area contributed by atoms with Gasteiger partial charge in [-0.3, -0.25) is 9.78 Å². The van der Waals surface area contributed by atoms with Crippen LogP contribution in [0.25, 0.3) is 0 Å². The van der Waals surface area contributed by atoms with Crippen molar-refractivity contribution in [3.8, 4) is 0 Å². The van der Waals surface area contributed by atoms with Gasteiger partial charge in [-0.05, 0) is 37.8 Å². The van der Waals surface area contributed by atoms with Crippen LogP contribution in [0.4, 0.5) is 10.5 Å². The van der Waals surface area contributed by atoms with Crippen molar-refractivity contribution in [2.75, 3.05) is 18.4 Å². The summed E-state index contributed by atoms with van der Waals surface area (Å²) < 4.78 is 0. The Morgan fingerprint density at radius 3 is 2.54 bits per heavy atom. The van der Waals surface area contributed by atoms with E-state index in [-0.39, 0.29) is 17.9 Å². The molecule has 2 heterocycles. The van der Waals surface area contributed by atoms with Crippen LogP contribution in [0.15, 0.2) is 24.5 Å². The first-order valence-corrected chi connectivity index (χ1v) is 8.99. The second-order valence-electron chi connectivity index (χ2n) is 6.79. The number of carbonyl (C=O) groups is 2. The average Bonchev–Trinajstić information content (AvgIpc) is 2.63. The smallest absolute Gasteiger partial charge is 0.321 e. The van der Waals surface area contributed by atoms with E-state index in [1.807, 2.05) is 0 Å². The summed E-state index contributed by atoms with van der Waals surface area (Å²) in [5.74, 6) is 0.0205. The SMILES string of the molecule is O=C(NC1CCCCC1)[C@H]1CCCN(C(=O)Nc2ccncc2)C1. The maximum absolute atomic E-state index is 12.5. The van der Waals surface area contributed by atoms with Crippen LogP contribution in [0.5, 0.6) is 0 Å². The number of hydrogen-bond acceptors (Lipinski definition) is 3. The highest BCUT2D eigenvalue weighted by molar-refractivity contribution is 5.90. The van der Waals surface area contributed by atoms with Gasteiger partial charge in [-0.25, -0.2) is 4.79 Å². The number of urea groups is 1. The minimum absolute atomic E-state index is 0.0936. The number of nitrogens with one attached hydrogen (secondary N) is 2. The Bertz CT molecular complexity index is 557. The number of likely N-dealkylation sites (tertiary alicyclic amines) is 1. The molecule has 0 aromatic carbocycles.